The maximum Gasteiger partial charge on any atom is 0.137 e. The van der Waals surface area contributed by atoms with Gasteiger partial charge in [0.15, 0.2) is 0 Å². The third-order valence-electron chi connectivity index (χ3n) is 4.01. The highest BCUT2D eigenvalue weighted by Gasteiger charge is 2.37. The molecular weight excluding hydrogens is 295 g/mol. The van der Waals surface area contributed by atoms with Crippen LogP contribution in [0.25, 0.3) is 0 Å². The molecule has 18 heavy (non-hydrogen) atoms. The first kappa shape index (κ1) is 13.8. The van der Waals surface area contributed by atoms with Crippen LogP contribution in [0.15, 0.2) is 22.7 Å². The molecule has 1 aromatic carbocycles. The lowest BCUT2D eigenvalue weighted by Gasteiger charge is -2.30. The van der Waals surface area contributed by atoms with Crippen molar-refractivity contribution in [2.75, 3.05) is 11.9 Å². The minimum absolute atomic E-state index is 0.0159. The fourth-order valence-electron chi connectivity index (χ4n) is 2.82. The number of nitrogens with one attached hydrogen (secondary N) is 1. The summed E-state index contributed by atoms with van der Waals surface area (Å²) in [6.07, 6.45) is 4.63. The molecule has 0 radical (unpaired) electrons. The summed E-state index contributed by atoms with van der Waals surface area (Å²) in [6, 6.07) is 5.03. The molecule has 2 nitrogen and oxygen atoms in total. The molecule has 2 atom stereocenters. The third kappa shape index (κ3) is 2.86. The van der Waals surface area contributed by atoms with Gasteiger partial charge in [0.05, 0.1) is 4.47 Å². The summed E-state index contributed by atoms with van der Waals surface area (Å²) in [4.78, 5) is 0. The Labute approximate surface area is 116 Å². The van der Waals surface area contributed by atoms with Gasteiger partial charge in [-0.1, -0.05) is 13.3 Å². The molecule has 1 aromatic rings. The highest BCUT2D eigenvalue weighted by Crippen LogP contribution is 2.38. The van der Waals surface area contributed by atoms with Crippen LogP contribution in [0.4, 0.5) is 10.1 Å². The Morgan fingerprint density at radius 3 is 2.89 bits per heavy atom. The number of hydrogen-bond acceptors (Lipinski definition) is 2. The summed E-state index contributed by atoms with van der Waals surface area (Å²) in [5.41, 5.74) is 6.87. The Morgan fingerprint density at radius 1 is 1.56 bits per heavy atom. The maximum atomic E-state index is 13.2. The van der Waals surface area contributed by atoms with Crippen LogP contribution < -0.4 is 11.1 Å². The van der Waals surface area contributed by atoms with Gasteiger partial charge in [0, 0.05) is 17.8 Å². The highest BCUT2D eigenvalue weighted by atomic mass is 79.9. The van der Waals surface area contributed by atoms with Gasteiger partial charge in [-0.3, -0.25) is 0 Å². The quantitative estimate of drug-likeness (QED) is 0.884. The van der Waals surface area contributed by atoms with Gasteiger partial charge in [0.1, 0.15) is 5.82 Å². The molecule has 0 aliphatic heterocycles. The molecular formula is C14H20BrFN2. The minimum Gasteiger partial charge on any atom is -0.378 e. The number of rotatable bonds is 4. The molecule has 2 unspecified atom stereocenters. The normalized spacial score (nSPS) is 27.4. The van der Waals surface area contributed by atoms with Crippen LogP contribution in [0.2, 0.25) is 0 Å². The second-order valence-electron chi connectivity index (χ2n) is 5.26. The first-order valence-corrected chi connectivity index (χ1v) is 7.31. The summed E-state index contributed by atoms with van der Waals surface area (Å²) in [7, 11) is 0. The van der Waals surface area contributed by atoms with Crippen molar-refractivity contribution in [3.05, 3.63) is 28.5 Å². The van der Waals surface area contributed by atoms with Crippen LogP contribution >= 0.6 is 15.9 Å². The van der Waals surface area contributed by atoms with E-state index in [1.54, 1.807) is 12.1 Å². The van der Waals surface area contributed by atoms with E-state index in [-0.39, 0.29) is 11.4 Å². The molecule has 0 spiro atoms. The van der Waals surface area contributed by atoms with Gasteiger partial charge in [0.25, 0.3) is 0 Å². The van der Waals surface area contributed by atoms with Crippen LogP contribution in [-0.2, 0) is 0 Å². The SMILES string of the molecule is CCC1CCC(CN)(Nc2ccc(F)c(Br)c2)C1. The molecule has 1 aliphatic rings. The molecule has 0 bridgehead atoms. The Bertz CT molecular complexity index is 424. The van der Waals surface area contributed by atoms with E-state index in [1.165, 1.54) is 18.9 Å². The van der Waals surface area contributed by atoms with Crippen molar-refractivity contribution in [3.8, 4) is 0 Å². The number of halogens is 2. The van der Waals surface area contributed by atoms with Gasteiger partial charge < -0.3 is 11.1 Å². The zero-order valence-corrected chi connectivity index (χ0v) is 12.3. The van der Waals surface area contributed by atoms with E-state index in [0.29, 0.717) is 11.0 Å². The van der Waals surface area contributed by atoms with Gasteiger partial charge in [-0.05, 0) is 59.3 Å². The van der Waals surface area contributed by atoms with Gasteiger partial charge in [0.2, 0.25) is 0 Å². The lowest BCUT2D eigenvalue weighted by atomic mass is 9.94. The molecule has 0 heterocycles. The zero-order valence-electron chi connectivity index (χ0n) is 10.7. The Kier molecular flexibility index (Phi) is 4.28. The first-order chi connectivity index (χ1) is 8.58. The predicted molar refractivity (Wildman–Crippen MR) is 77.1 cm³/mol. The summed E-state index contributed by atoms with van der Waals surface area (Å²) in [5, 5.41) is 3.51. The van der Waals surface area contributed by atoms with Crippen molar-refractivity contribution in [1.29, 1.82) is 0 Å². The van der Waals surface area contributed by atoms with E-state index in [9.17, 15) is 4.39 Å². The van der Waals surface area contributed by atoms with E-state index in [4.69, 9.17) is 5.73 Å². The number of nitrogens with two attached hydrogens (primary N) is 1. The van der Waals surface area contributed by atoms with Gasteiger partial charge in [-0.2, -0.15) is 0 Å². The number of hydrogen-bond donors (Lipinski definition) is 2. The molecule has 4 heteroatoms. The van der Waals surface area contributed by atoms with Crippen molar-refractivity contribution in [1.82, 2.24) is 0 Å². The summed E-state index contributed by atoms with van der Waals surface area (Å²) >= 11 is 3.21. The highest BCUT2D eigenvalue weighted by molar-refractivity contribution is 9.10. The van der Waals surface area contributed by atoms with E-state index in [0.717, 1.165) is 24.4 Å². The summed E-state index contributed by atoms with van der Waals surface area (Å²) in [6.45, 7) is 2.85. The van der Waals surface area contributed by atoms with E-state index >= 15 is 0 Å². The molecule has 1 fully saturated rings. The van der Waals surface area contributed by atoms with E-state index in [2.05, 4.69) is 28.2 Å². The van der Waals surface area contributed by atoms with Crippen molar-refractivity contribution >= 4 is 21.6 Å². The molecule has 3 N–H and O–H groups in total. The van der Waals surface area contributed by atoms with Crippen molar-refractivity contribution < 1.29 is 4.39 Å². The largest absolute Gasteiger partial charge is 0.378 e. The average molecular weight is 315 g/mol. The van der Waals surface area contributed by atoms with Crippen molar-refractivity contribution in [2.45, 2.75) is 38.1 Å². The lowest BCUT2D eigenvalue weighted by Crippen LogP contribution is -2.43. The van der Waals surface area contributed by atoms with Crippen LogP contribution in [0.5, 0.6) is 0 Å². The van der Waals surface area contributed by atoms with Gasteiger partial charge in [-0.25, -0.2) is 4.39 Å². The predicted octanol–water partition coefficient (Wildman–Crippen LogP) is 3.91. The van der Waals surface area contributed by atoms with Crippen molar-refractivity contribution in [2.24, 2.45) is 11.7 Å². The molecule has 1 saturated carbocycles. The zero-order chi connectivity index (χ0) is 13.2. The number of benzene rings is 1. The summed E-state index contributed by atoms with van der Waals surface area (Å²) in [5.74, 6) is 0.519. The number of anilines is 1. The topological polar surface area (TPSA) is 38.0 Å². The minimum atomic E-state index is -0.236. The van der Waals surface area contributed by atoms with E-state index < -0.39 is 0 Å². The third-order valence-corrected chi connectivity index (χ3v) is 4.62. The van der Waals surface area contributed by atoms with Gasteiger partial charge >= 0.3 is 0 Å². The molecule has 100 valence electrons. The molecule has 2 rings (SSSR count). The fraction of sp³-hybridized carbons (Fsp3) is 0.571. The Balaban J connectivity index is 2.13. The van der Waals surface area contributed by atoms with Gasteiger partial charge in [-0.15, -0.1) is 0 Å². The van der Waals surface area contributed by atoms with Crippen LogP contribution in [0.3, 0.4) is 0 Å². The monoisotopic (exact) mass is 314 g/mol. The Morgan fingerprint density at radius 2 is 2.33 bits per heavy atom. The summed E-state index contributed by atoms with van der Waals surface area (Å²) < 4.78 is 13.7. The standard InChI is InChI=1S/C14H20BrFN2/c1-2-10-5-6-14(8-10,9-17)18-11-3-4-13(16)12(15)7-11/h3-4,7,10,18H,2,5-6,8-9,17H2,1H3. The van der Waals surface area contributed by atoms with Crippen LogP contribution in [0.1, 0.15) is 32.6 Å². The molecule has 0 saturated heterocycles. The second-order valence-corrected chi connectivity index (χ2v) is 6.11. The smallest absolute Gasteiger partial charge is 0.137 e. The van der Waals surface area contributed by atoms with E-state index in [1.807, 2.05) is 0 Å². The second kappa shape index (κ2) is 5.57. The van der Waals surface area contributed by atoms with Crippen molar-refractivity contribution in [3.63, 3.8) is 0 Å². The molecule has 0 aromatic heterocycles. The molecule has 0 amide bonds. The lowest BCUT2D eigenvalue weighted by molar-refractivity contribution is 0.449. The fourth-order valence-corrected chi connectivity index (χ4v) is 3.19. The van der Waals surface area contributed by atoms with Crippen LogP contribution in [0, 0.1) is 11.7 Å². The maximum absolute atomic E-state index is 13.2. The Hall–Kier alpha value is -0.610. The van der Waals surface area contributed by atoms with Crippen LogP contribution in [-0.4, -0.2) is 12.1 Å². The average Bonchev–Trinajstić information content (AvgIpc) is 2.78. The molecule has 1 aliphatic carbocycles. The first-order valence-electron chi connectivity index (χ1n) is 6.52.